The van der Waals surface area contributed by atoms with E-state index in [-0.39, 0.29) is 0 Å². The molecule has 0 aliphatic rings. The fourth-order valence-corrected chi connectivity index (χ4v) is 6.17. The molecule has 198 valence electrons. The quantitative estimate of drug-likeness (QED) is 0.217. The third-order valence-electron chi connectivity index (χ3n) is 8.05. The van der Waals surface area contributed by atoms with Crippen molar-refractivity contribution >= 4 is 49.8 Å². The Hall–Kier alpha value is -5.60. The summed E-state index contributed by atoms with van der Waals surface area (Å²) in [7, 11) is 0. The summed E-state index contributed by atoms with van der Waals surface area (Å²) in [6.45, 7) is 0. The van der Waals surface area contributed by atoms with Gasteiger partial charge in [0.1, 0.15) is 11.2 Å². The number of furan rings is 1. The normalized spacial score (nSPS) is 11.3. The molecule has 2 heteroatoms. The van der Waals surface area contributed by atoms with Crippen molar-refractivity contribution < 1.29 is 4.42 Å². The van der Waals surface area contributed by atoms with E-state index in [9.17, 15) is 0 Å². The molecule has 0 saturated heterocycles. The van der Waals surface area contributed by atoms with Crippen LogP contribution in [-0.2, 0) is 0 Å². The van der Waals surface area contributed by atoms with Gasteiger partial charge in [0.15, 0.2) is 0 Å². The van der Waals surface area contributed by atoms with Crippen LogP contribution in [0.15, 0.2) is 168 Å². The molecule has 8 rings (SSSR count). The molecule has 42 heavy (non-hydrogen) atoms. The number of anilines is 3. The van der Waals surface area contributed by atoms with E-state index in [1.165, 1.54) is 27.5 Å². The predicted molar refractivity (Wildman–Crippen MR) is 177 cm³/mol. The van der Waals surface area contributed by atoms with Crippen molar-refractivity contribution in [2.75, 3.05) is 4.90 Å². The van der Waals surface area contributed by atoms with Crippen LogP contribution in [-0.4, -0.2) is 0 Å². The summed E-state index contributed by atoms with van der Waals surface area (Å²) < 4.78 is 6.55. The molecule has 0 amide bonds. The molecule has 2 nitrogen and oxygen atoms in total. The largest absolute Gasteiger partial charge is 0.456 e. The van der Waals surface area contributed by atoms with Gasteiger partial charge in [-0.05, 0) is 81.6 Å². The molecule has 0 saturated carbocycles. The monoisotopic (exact) mass is 537 g/mol. The summed E-state index contributed by atoms with van der Waals surface area (Å²) in [6.07, 6.45) is 0. The lowest BCUT2D eigenvalue weighted by Crippen LogP contribution is -2.09. The van der Waals surface area contributed by atoms with Gasteiger partial charge < -0.3 is 9.32 Å². The summed E-state index contributed by atoms with van der Waals surface area (Å²) in [5.41, 5.74) is 9.87. The summed E-state index contributed by atoms with van der Waals surface area (Å²) in [4.78, 5) is 2.29. The molecule has 0 spiro atoms. The van der Waals surface area contributed by atoms with Crippen molar-refractivity contribution in [3.8, 4) is 22.3 Å². The fourth-order valence-electron chi connectivity index (χ4n) is 6.17. The summed E-state index contributed by atoms with van der Waals surface area (Å²) in [6, 6.07) is 57.7. The highest BCUT2D eigenvalue weighted by Gasteiger charge is 2.18. The zero-order valence-electron chi connectivity index (χ0n) is 22.9. The molecule has 0 aliphatic carbocycles. The van der Waals surface area contributed by atoms with E-state index in [4.69, 9.17) is 4.42 Å². The summed E-state index contributed by atoms with van der Waals surface area (Å²) >= 11 is 0. The second kappa shape index (κ2) is 10.1. The van der Waals surface area contributed by atoms with Gasteiger partial charge in [-0.25, -0.2) is 0 Å². The second-order valence-corrected chi connectivity index (χ2v) is 10.5. The number of nitrogens with zero attached hydrogens (tertiary/aromatic N) is 1. The van der Waals surface area contributed by atoms with E-state index < -0.39 is 0 Å². The maximum Gasteiger partial charge on any atom is 0.136 e. The van der Waals surface area contributed by atoms with Gasteiger partial charge in [0.2, 0.25) is 0 Å². The Bertz CT molecular complexity index is 2120. The third kappa shape index (κ3) is 4.05. The Morgan fingerprint density at radius 2 is 0.905 bits per heavy atom. The topological polar surface area (TPSA) is 16.4 Å². The Labute approximate surface area is 244 Å². The molecule has 8 aromatic rings. The van der Waals surface area contributed by atoms with Crippen LogP contribution in [0.25, 0.3) is 55.0 Å². The van der Waals surface area contributed by atoms with Crippen molar-refractivity contribution in [1.29, 1.82) is 0 Å². The minimum atomic E-state index is 0.900. The molecule has 0 unspecified atom stereocenters. The number of hydrogen-bond acceptors (Lipinski definition) is 2. The Balaban J connectivity index is 1.30. The SMILES string of the molecule is c1ccc(-c2cc3oc4cccc(-c5ccc(N(c6ccccc6)c6ccccc6)cc5)c4c3c3ccccc23)cc1. The highest BCUT2D eigenvalue weighted by atomic mass is 16.3. The molecule has 0 radical (unpaired) electrons. The number of benzene rings is 7. The van der Waals surface area contributed by atoms with Crippen LogP contribution in [0.4, 0.5) is 17.1 Å². The molecule has 1 heterocycles. The van der Waals surface area contributed by atoms with Crippen LogP contribution in [0, 0.1) is 0 Å². The lowest BCUT2D eigenvalue weighted by molar-refractivity contribution is 0.669. The van der Waals surface area contributed by atoms with E-state index in [1.54, 1.807) is 0 Å². The molecule has 0 fully saturated rings. The van der Waals surface area contributed by atoms with E-state index >= 15 is 0 Å². The minimum Gasteiger partial charge on any atom is -0.456 e. The van der Waals surface area contributed by atoms with Crippen molar-refractivity contribution in [2.24, 2.45) is 0 Å². The second-order valence-electron chi connectivity index (χ2n) is 10.5. The first-order valence-electron chi connectivity index (χ1n) is 14.3. The Kier molecular flexibility index (Phi) is 5.82. The zero-order valence-corrected chi connectivity index (χ0v) is 22.9. The van der Waals surface area contributed by atoms with Gasteiger partial charge in [0, 0.05) is 27.8 Å². The number of hydrogen-bond donors (Lipinski definition) is 0. The zero-order chi connectivity index (χ0) is 27.9. The Morgan fingerprint density at radius 1 is 0.357 bits per heavy atom. The highest BCUT2D eigenvalue weighted by molar-refractivity contribution is 6.25. The maximum atomic E-state index is 6.55. The number of para-hydroxylation sites is 2. The van der Waals surface area contributed by atoms with Crippen molar-refractivity contribution in [3.63, 3.8) is 0 Å². The number of rotatable bonds is 5. The van der Waals surface area contributed by atoms with Gasteiger partial charge in [-0.2, -0.15) is 0 Å². The lowest BCUT2D eigenvalue weighted by atomic mass is 9.92. The van der Waals surface area contributed by atoms with Gasteiger partial charge in [-0.3, -0.25) is 0 Å². The van der Waals surface area contributed by atoms with Gasteiger partial charge in [-0.15, -0.1) is 0 Å². The summed E-state index contributed by atoms with van der Waals surface area (Å²) in [5.74, 6) is 0. The van der Waals surface area contributed by atoms with Crippen LogP contribution >= 0.6 is 0 Å². The van der Waals surface area contributed by atoms with Crippen LogP contribution in [0.2, 0.25) is 0 Å². The van der Waals surface area contributed by atoms with E-state index in [2.05, 4.69) is 169 Å². The van der Waals surface area contributed by atoms with E-state index in [0.29, 0.717) is 0 Å². The average Bonchev–Trinajstić information content (AvgIpc) is 3.45. The molecule has 0 atom stereocenters. The molecule has 1 aromatic heterocycles. The van der Waals surface area contributed by atoms with Crippen LogP contribution < -0.4 is 4.90 Å². The molecule has 0 aliphatic heterocycles. The van der Waals surface area contributed by atoms with E-state index in [0.717, 1.165) is 44.6 Å². The molecule has 0 bridgehead atoms. The molecular weight excluding hydrogens is 510 g/mol. The Morgan fingerprint density at radius 3 is 1.57 bits per heavy atom. The lowest BCUT2D eigenvalue weighted by Gasteiger charge is -2.25. The first-order valence-corrected chi connectivity index (χ1v) is 14.3. The van der Waals surface area contributed by atoms with Crippen molar-refractivity contribution in [2.45, 2.75) is 0 Å². The van der Waals surface area contributed by atoms with Crippen molar-refractivity contribution in [3.05, 3.63) is 164 Å². The smallest absolute Gasteiger partial charge is 0.136 e. The number of fused-ring (bicyclic) bond motifs is 5. The first-order chi connectivity index (χ1) is 20.8. The molecule has 0 N–H and O–H groups in total. The summed E-state index contributed by atoms with van der Waals surface area (Å²) in [5, 5.41) is 4.75. The minimum absolute atomic E-state index is 0.900. The highest BCUT2D eigenvalue weighted by Crippen LogP contribution is 2.44. The standard InChI is InChI=1S/C40H27NO/c1-4-13-28(14-5-1)36-27-38-40(35-20-11-10-19-34(35)36)39-33(21-12-22-37(39)42-38)29-23-25-32(26-24-29)41(30-15-6-2-7-16-30)31-17-8-3-9-18-31/h1-27H. The maximum absolute atomic E-state index is 6.55. The predicted octanol–water partition coefficient (Wildman–Crippen LogP) is 11.5. The van der Waals surface area contributed by atoms with Crippen LogP contribution in [0.3, 0.4) is 0 Å². The fraction of sp³-hybridized carbons (Fsp3) is 0. The van der Waals surface area contributed by atoms with Crippen LogP contribution in [0.5, 0.6) is 0 Å². The van der Waals surface area contributed by atoms with Crippen LogP contribution in [0.1, 0.15) is 0 Å². The van der Waals surface area contributed by atoms with Crippen molar-refractivity contribution in [1.82, 2.24) is 0 Å². The van der Waals surface area contributed by atoms with Gasteiger partial charge >= 0.3 is 0 Å². The van der Waals surface area contributed by atoms with E-state index in [1.807, 2.05) is 0 Å². The van der Waals surface area contributed by atoms with Gasteiger partial charge in [0.25, 0.3) is 0 Å². The average molecular weight is 538 g/mol. The van der Waals surface area contributed by atoms with Gasteiger partial charge in [-0.1, -0.05) is 115 Å². The van der Waals surface area contributed by atoms with Gasteiger partial charge in [0.05, 0.1) is 0 Å². The first kappa shape index (κ1) is 24.2. The third-order valence-corrected chi connectivity index (χ3v) is 8.05. The molecular formula is C40H27NO. The molecule has 7 aromatic carbocycles.